The molecule has 0 atom stereocenters. The maximum atomic E-state index is 13.0. The van der Waals surface area contributed by atoms with Gasteiger partial charge in [0.2, 0.25) is 0 Å². The van der Waals surface area contributed by atoms with E-state index in [1.165, 1.54) is 16.8 Å². The molecule has 1 N–H and O–H groups in total. The monoisotopic (exact) mass is 839 g/mol. The number of pyridine rings is 1. The molecule has 4 nitrogen and oxygen atoms in total. The van der Waals surface area contributed by atoms with E-state index >= 15 is 0 Å². The standard InChI is InChI=1S/C58H61N3O/c1-55(2,3)42-31-40(30-41(32-42)50-33-39(28-29-59-50)37-20-15-13-16-21-37)46-24-19-25-51-52(46)60-54(47-34-43(56(4,5)6)35-49(53(47)62)58(10,11)12)61(51)44-26-27-45(38-22-17-14-18-23-38)48(36-44)57(7,8)9/h13-36,62H,1-12H3/i4D3,5D3,6D3,10D3,11D3,12D3,13D,15D,16D,20D,21D. The topological polar surface area (TPSA) is 50.9 Å². The Balaban J connectivity index is 1.59. The third kappa shape index (κ3) is 8.23. The molecule has 4 heteroatoms. The predicted octanol–water partition coefficient (Wildman–Crippen LogP) is 15.7. The van der Waals surface area contributed by atoms with Crippen molar-refractivity contribution in [2.24, 2.45) is 0 Å². The molecule has 62 heavy (non-hydrogen) atoms. The van der Waals surface area contributed by atoms with Crippen LogP contribution in [-0.2, 0) is 21.7 Å². The largest absolute Gasteiger partial charge is 0.507 e. The fraction of sp³-hybridized carbons (Fsp3) is 0.276. The van der Waals surface area contributed by atoms with Gasteiger partial charge >= 0.3 is 0 Å². The predicted molar refractivity (Wildman–Crippen MR) is 263 cm³/mol. The maximum Gasteiger partial charge on any atom is 0.149 e. The summed E-state index contributed by atoms with van der Waals surface area (Å²) >= 11 is 0. The first-order valence-electron chi connectivity index (χ1n) is 31.6. The van der Waals surface area contributed by atoms with Gasteiger partial charge in [-0.05, 0) is 115 Å². The Bertz CT molecular complexity index is 3810. The van der Waals surface area contributed by atoms with Crippen LogP contribution in [0.15, 0.2) is 146 Å². The zero-order valence-corrected chi connectivity index (χ0v) is 35.3. The van der Waals surface area contributed by atoms with Crippen LogP contribution >= 0.6 is 0 Å². The summed E-state index contributed by atoms with van der Waals surface area (Å²) in [5, 5.41) is 13.0. The van der Waals surface area contributed by atoms with E-state index in [0.29, 0.717) is 28.5 Å². The average molecular weight is 839 g/mol. The number of imidazole rings is 1. The minimum Gasteiger partial charge on any atom is -0.507 e. The second kappa shape index (κ2) is 15.6. The summed E-state index contributed by atoms with van der Waals surface area (Å²) in [6, 6.07) is 26.7. The number of phenols is 1. The Kier molecular flexibility index (Phi) is 5.71. The molecule has 0 bridgehead atoms. The van der Waals surface area contributed by atoms with Crippen molar-refractivity contribution in [3.63, 3.8) is 0 Å². The molecule has 0 fully saturated rings. The smallest absolute Gasteiger partial charge is 0.149 e. The number of nitrogens with zero attached hydrogens (tertiary/aromatic N) is 3. The first-order chi connectivity index (χ1) is 38.8. The average Bonchev–Trinajstić information content (AvgIpc) is 1.02. The highest BCUT2D eigenvalue weighted by Crippen LogP contribution is 2.46. The van der Waals surface area contributed by atoms with Gasteiger partial charge in [0.05, 0.1) is 29.1 Å². The number of aromatic hydroxyl groups is 1. The molecule has 0 amide bonds. The normalized spacial score (nSPS) is 19.2. The molecular weight excluding hydrogens is 755 g/mol. The highest BCUT2D eigenvalue weighted by molar-refractivity contribution is 5.97. The summed E-state index contributed by atoms with van der Waals surface area (Å²) in [6.45, 7) is -13.0. The van der Waals surface area contributed by atoms with Gasteiger partial charge in [-0.1, -0.05) is 174 Å². The third-order valence-corrected chi connectivity index (χ3v) is 11.0. The van der Waals surface area contributed by atoms with E-state index in [1.807, 2.05) is 90.1 Å². The Labute approximate surface area is 401 Å². The van der Waals surface area contributed by atoms with Gasteiger partial charge in [-0.2, -0.15) is 0 Å². The van der Waals surface area contributed by atoms with E-state index in [0.717, 1.165) is 22.3 Å². The summed E-state index contributed by atoms with van der Waals surface area (Å²) in [6.07, 6.45) is 1.44. The molecule has 0 aliphatic carbocycles. The van der Waals surface area contributed by atoms with E-state index in [1.54, 1.807) is 42.5 Å². The number of phenolic OH excluding ortho intramolecular Hbond substituents is 1. The van der Waals surface area contributed by atoms with Crippen molar-refractivity contribution in [3.8, 4) is 67.5 Å². The van der Waals surface area contributed by atoms with Gasteiger partial charge in [0, 0.05) is 53.2 Å². The van der Waals surface area contributed by atoms with Crippen molar-refractivity contribution in [2.75, 3.05) is 0 Å². The highest BCUT2D eigenvalue weighted by Gasteiger charge is 2.30. The van der Waals surface area contributed by atoms with E-state index in [4.69, 9.17) is 36.5 Å². The minimum absolute atomic E-state index is 0.0609. The molecule has 0 aliphatic rings. The van der Waals surface area contributed by atoms with Crippen molar-refractivity contribution in [1.82, 2.24) is 14.5 Å². The van der Waals surface area contributed by atoms with Crippen molar-refractivity contribution in [2.45, 2.75) is 104 Å². The molecule has 314 valence electrons. The molecule has 2 heterocycles. The Morgan fingerprint density at radius 3 is 1.94 bits per heavy atom. The molecule has 0 radical (unpaired) electrons. The number of benzene rings is 6. The lowest BCUT2D eigenvalue weighted by Crippen LogP contribution is -2.17. The van der Waals surface area contributed by atoms with Gasteiger partial charge in [0.1, 0.15) is 11.6 Å². The number of hydrogen-bond acceptors (Lipinski definition) is 3. The fourth-order valence-corrected chi connectivity index (χ4v) is 7.75. The van der Waals surface area contributed by atoms with E-state index in [-0.39, 0.29) is 33.9 Å². The molecule has 0 aliphatic heterocycles. The van der Waals surface area contributed by atoms with Crippen LogP contribution in [0, 0.1) is 0 Å². The molecule has 8 rings (SSSR count). The zero-order chi connectivity index (χ0) is 63.7. The quantitative estimate of drug-likeness (QED) is 0.181. The van der Waals surface area contributed by atoms with E-state index in [2.05, 4.69) is 4.98 Å². The van der Waals surface area contributed by atoms with Crippen LogP contribution < -0.4 is 0 Å². The molecular formula is C58H61N3O. The van der Waals surface area contributed by atoms with Crippen LogP contribution in [0.1, 0.15) is 136 Å². The van der Waals surface area contributed by atoms with Crippen LogP contribution in [0.25, 0.3) is 72.7 Å². The lowest BCUT2D eigenvalue weighted by Gasteiger charge is -2.28. The molecule has 0 unspecified atom stereocenters. The van der Waals surface area contributed by atoms with Crippen LogP contribution in [0.3, 0.4) is 0 Å². The summed E-state index contributed by atoms with van der Waals surface area (Å²) in [4.78, 5) is 9.79. The van der Waals surface area contributed by atoms with Crippen LogP contribution in [-0.4, -0.2) is 19.6 Å². The van der Waals surface area contributed by atoms with Crippen LogP contribution in [0.2, 0.25) is 0 Å². The first kappa shape index (κ1) is 22.7. The first-order valence-corrected chi connectivity index (χ1v) is 20.1. The maximum absolute atomic E-state index is 13.0. The van der Waals surface area contributed by atoms with Crippen molar-refractivity contribution in [1.29, 1.82) is 0 Å². The van der Waals surface area contributed by atoms with Crippen molar-refractivity contribution >= 4 is 11.0 Å². The van der Waals surface area contributed by atoms with Crippen LogP contribution in [0.5, 0.6) is 5.75 Å². The van der Waals surface area contributed by atoms with Gasteiger partial charge in [-0.25, -0.2) is 4.98 Å². The Hall–Kier alpha value is -6.26. The van der Waals surface area contributed by atoms with Crippen LogP contribution in [0.4, 0.5) is 0 Å². The summed E-state index contributed by atoms with van der Waals surface area (Å²) in [5.41, 5.74) is -7.63. The number of aromatic nitrogens is 3. The minimum atomic E-state index is -4.18. The summed E-state index contributed by atoms with van der Waals surface area (Å²) < 4.78 is 201. The zero-order valence-electron chi connectivity index (χ0n) is 58.3. The molecule has 2 aromatic heterocycles. The third-order valence-electron chi connectivity index (χ3n) is 11.0. The number of fused-ring (bicyclic) bond motifs is 1. The van der Waals surface area contributed by atoms with Gasteiger partial charge in [-0.15, -0.1) is 0 Å². The second-order valence-corrected chi connectivity index (χ2v) is 17.7. The SMILES string of the molecule is [2H]c1c([2H])c([2H])c(-c2ccnc(-c3cc(-c4cccc5c4nc(-c4cc(C(C([2H])([2H])[2H])(C([2H])([2H])[2H])C([2H])([2H])[2H])cc(C(C([2H])([2H])[2H])(C([2H])([2H])[2H])C([2H])([2H])[2H])c4O)n5-c4ccc(-c5ccccc5)c(C(C)(C)C)c4)cc(C(C)(C)C)c3)c2)c([2H])c1[2H]. The Morgan fingerprint density at radius 1 is 0.532 bits per heavy atom. The van der Waals surface area contributed by atoms with Gasteiger partial charge in [-0.3, -0.25) is 9.55 Å². The summed E-state index contributed by atoms with van der Waals surface area (Å²) in [7, 11) is 0. The Morgan fingerprint density at radius 2 is 1.24 bits per heavy atom. The lowest BCUT2D eigenvalue weighted by atomic mass is 9.78. The van der Waals surface area contributed by atoms with Gasteiger partial charge in [0.25, 0.3) is 0 Å². The van der Waals surface area contributed by atoms with Crippen molar-refractivity contribution < 1.29 is 36.6 Å². The van der Waals surface area contributed by atoms with Gasteiger partial charge in [0.15, 0.2) is 0 Å². The number of para-hydroxylation sites is 1. The molecule has 6 aromatic carbocycles. The summed E-state index contributed by atoms with van der Waals surface area (Å²) in [5.74, 6) is -1.87. The van der Waals surface area contributed by atoms with E-state index in [9.17, 15) is 5.11 Å². The van der Waals surface area contributed by atoms with Crippen molar-refractivity contribution in [3.05, 3.63) is 168 Å². The molecule has 0 saturated heterocycles. The lowest BCUT2D eigenvalue weighted by molar-refractivity contribution is 0.446. The second-order valence-electron chi connectivity index (χ2n) is 17.7. The molecule has 0 saturated carbocycles. The van der Waals surface area contributed by atoms with Gasteiger partial charge < -0.3 is 5.11 Å². The van der Waals surface area contributed by atoms with E-state index < -0.39 is 121 Å². The number of hydrogen-bond donors (Lipinski definition) is 1. The molecule has 8 aromatic rings. The molecule has 0 spiro atoms. The highest BCUT2D eigenvalue weighted by atomic mass is 16.3. The number of rotatable bonds is 6. The fourth-order valence-electron chi connectivity index (χ4n) is 7.75.